The maximum Gasteiger partial charge on any atom is 0.295 e. The Balaban J connectivity index is 1.78. The first-order chi connectivity index (χ1) is 17.7. The highest BCUT2D eigenvalue weighted by Gasteiger charge is 2.46. The van der Waals surface area contributed by atoms with Crippen LogP contribution in [-0.2, 0) is 16.0 Å². The first-order valence-electron chi connectivity index (χ1n) is 11.2. The molecule has 1 amide bonds. The van der Waals surface area contributed by atoms with Crippen LogP contribution in [0.5, 0.6) is 11.5 Å². The molecule has 1 aliphatic rings. The molecule has 0 aliphatic carbocycles. The monoisotopic (exact) mass is 566 g/mol. The number of likely N-dealkylation sites (tertiary alicyclic amines) is 1. The van der Waals surface area contributed by atoms with Gasteiger partial charge in [-0.25, -0.2) is 0 Å². The topological polar surface area (TPSA) is 119 Å². The number of aliphatic hydroxyl groups excluding tert-OH is 1. The number of ether oxygens (including phenoxy) is 2. The van der Waals surface area contributed by atoms with E-state index in [1.807, 2.05) is 6.07 Å². The summed E-state index contributed by atoms with van der Waals surface area (Å²) in [4.78, 5) is 38.6. The maximum absolute atomic E-state index is 13.2. The lowest BCUT2D eigenvalue weighted by Crippen LogP contribution is -2.31. The summed E-state index contributed by atoms with van der Waals surface area (Å²) in [5.41, 5.74) is 1.20. The largest absolute Gasteiger partial charge is 0.507 e. The summed E-state index contributed by atoms with van der Waals surface area (Å²) in [6.07, 6.45) is 0.358. The van der Waals surface area contributed by atoms with Gasteiger partial charge in [-0.2, -0.15) is 0 Å². The molecular formula is C27H23BrN2O7. The number of carbonyl (C=O) groups is 2. The molecule has 1 N–H and O–H groups in total. The van der Waals surface area contributed by atoms with Gasteiger partial charge in [0.05, 0.1) is 30.8 Å². The van der Waals surface area contributed by atoms with Gasteiger partial charge in [0, 0.05) is 28.7 Å². The average molecular weight is 567 g/mol. The van der Waals surface area contributed by atoms with E-state index in [1.54, 1.807) is 42.5 Å². The van der Waals surface area contributed by atoms with E-state index in [0.717, 1.165) is 10.0 Å². The zero-order valence-electron chi connectivity index (χ0n) is 20.0. The SMILES string of the molecule is COc1ccc(CCN2C(=O)C(=O)C(=C(O)c3ccc(Br)cc3)C2c2cccc([N+](=O)[O-])c2)cc1OC. The highest BCUT2D eigenvalue weighted by atomic mass is 79.9. The van der Waals surface area contributed by atoms with Gasteiger partial charge in [-0.15, -0.1) is 0 Å². The number of non-ortho nitro benzene ring substituents is 1. The quantitative estimate of drug-likeness (QED) is 0.133. The summed E-state index contributed by atoms with van der Waals surface area (Å²) in [6.45, 7) is 0.116. The lowest BCUT2D eigenvalue weighted by molar-refractivity contribution is -0.384. The van der Waals surface area contributed by atoms with Gasteiger partial charge in [-0.05, 0) is 41.8 Å². The number of Topliss-reactive ketones (excluding diaryl/α,β-unsaturated/α-hetero) is 1. The molecule has 37 heavy (non-hydrogen) atoms. The number of methoxy groups -OCH3 is 2. The van der Waals surface area contributed by atoms with Crippen molar-refractivity contribution in [3.63, 3.8) is 0 Å². The number of hydrogen-bond donors (Lipinski definition) is 1. The molecular weight excluding hydrogens is 544 g/mol. The Morgan fingerprint density at radius 1 is 1.03 bits per heavy atom. The second-order valence-electron chi connectivity index (χ2n) is 8.29. The van der Waals surface area contributed by atoms with Crippen LogP contribution in [0.3, 0.4) is 0 Å². The van der Waals surface area contributed by atoms with Gasteiger partial charge >= 0.3 is 0 Å². The molecule has 1 unspecified atom stereocenters. The van der Waals surface area contributed by atoms with Crippen LogP contribution in [0, 0.1) is 10.1 Å². The molecule has 1 heterocycles. The van der Waals surface area contributed by atoms with Crippen LogP contribution in [0.15, 0.2) is 76.8 Å². The minimum Gasteiger partial charge on any atom is -0.507 e. The van der Waals surface area contributed by atoms with Gasteiger partial charge in [0.25, 0.3) is 17.4 Å². The van der Waals surface area contributed by atoms with E-state index in [1.165, 1.54) is 37.3 Å². The van der Waals surface area contributed by atoms with Gasteiger partial charge in [0.2, 0.25) is 0 Å². The Labute approximate surface area is 221 Å². The molecule has 0 aromatic heterocycles. The normalized spacial score (nSPS) is 16.6. The predicted octanol–water partition coefficient (Wildman–Crippen LogP) is 5.04. The molecule has 9 nitrogen and oxygen atoms in total. The fourth-order valence-electron chi connectivity index (χ4n) is 4.31. The van der Waals surface area contributed by atoms with Crippen molar-refractivity contribution in [1.82, 2.24) is 4.90 Å². The number of nitro benzene ring substituents is 1. The molecule has 1 aliphatic heterocycles. The van der Waals surface area contributed by atoms with Gasteiger partial charge in [-0.3, -0.25) is 19.7 Å². The van der Waals surface area contributed by atoms with E-state index in [0.29, 0.717) is 29.0 Å². The number of nitro groups is 1. The van der Waals surface area contributed by atoms with E-state index in [-0.39, 0.29) is 23.6 Å². The van der Waals surface area contributed by atoms with Crippen molar-refractivity contribution in [2.75, 3.05) is 20.8 Å². The number of amides is 1. The summed E-state index contributed by atoms with van der Waals surface area (Å²) in [5, 5.41) is 22.6. The van der Waals surface area contributed by atoms with Crippen molar-refractivity contribution in [1.29, 1.82) is 0 Å². The van der Waals surface area contributed by atoms with Gasteiger partial charge in [-0.1, -0.05) is 46.3 Å². The van der Waals surface area contributed by atoms with Crippen LogP contribution in [0.25, 0.3) is 5.76 Å². The second-order valence-corrected chi connectivity index (χ2v) is 9.21. The molecule has 3 aromatic carbocycles. The summed E-state index contributed by atoms with van der Waals surface area (Å²) < 4.78 is 11.4. The van der Waals surface area contributed by atoms with E-state index < -0.39 is 22.7 Å². The number of halogens is 1. The summed E-state index contributed by atoms with van der Waals surface area (Å²) in [7, 11) is 3.05. The number of rotatable bonds is 8. The predicted molar refractivity (Wildman–Crippen MR) is 139 cm³/mol. The van der Waals surface area contributed by atoms with Gasteiger partial charge in [0.15, 0.2) is 11.5 Å². The first kappa shape index (κ1) is 25.9. The number of nitrogens with zero attached hydrogens (tertiary/aromatic N) is 2. The highest BCUT2D eigenvalue weighted by Crippen LogP contribution is 2.40. The molecule has 3 aromatic rings. The standard InChI is InChI=1S/C27H23BrN2O7/c1-36-21-11-6-16(14-22(21)37-2)12-13-29-24(18-4-3-5-20(15-18)30(34)35)23(26(32)27(29)33)25(31)17-7-9-19(28)10-8-17/h3-11,14-15,24,31H,12-13H2,1-2H3. The summed E-state index contributed by atoms with van der Waals surface area (Å²) in [5.74, 6) is -0.929. The molecule has 4 rings (SSSR count). The van der Waals surface area contributed by atoms with Crippen molar-refractivity contribution in [2.24, 2.45) is 0 Å². The Bertz CT molecular complexity index is 1400. The van der Waals surface area contributed by atoms with Crippen molar-refractivity contribution >= 4 is 39.1 Å². The number of benzene rings is 3. The van der Waals surface area contributed by atoms with E-state index in [9.17, 15) is 24.8 Å². The molecule has 0 saturated carbocycles. The zero-order valence-corrected chi connectivity index (χ0v) is 21.6. The van der Waals surface area contributed by atoms with Crippen molar-refractivity contribution < 1.29 is 29.1 Å². The molecule has 0 radical (unpaired) electrons. The van der Waals surface area contributed by atoms with E-state index in [2.05, 4.69) is 15.9 Å². The smallest absolute Gasteiger partial charge is 0.295 e. The number of hydrogen-bond acceptors (Lipinski definition) is 7. The third kappa shape index (κ3) is 5.19. The Hall–Kier alpha value is -4.18. The molecule has 0 spiro atoms. The lowest BCUT2D eigenvalue weighted by Gasteiger charge is -2.25. The molecule has 190 valence electrons. The van der Waals surface area contributed by atoms with Crippen molar-refractivity contribution in [3.05, 3.63) is 104 Å². The van der Waals surface area contributed by atoms with E-state index in [4.69, 9.17) is 9.47 Å². The molecule has 0 bridgehead atoms. The fraction of sp³-hybridized carbons (Fsp3) is 0.185. The molecule has 1 fully saturated rings. The average Bonchev–Trinajstić information content (AvgIpc) is 3.16. The van der Waals surface area contributed by atoms with E-state index >= 15 is 0 Å². The van der Waals surface area contributed by atoms with Crippen LogP contribution < -0.4 is 9.47 Å². The number of aliphatic hydroxyl groups is 1. The number of ketones is 1. The Morgan fingerprint density at radius 3 is 2.38 bits per heavy atom. The Kier molecular flexibility index (Phi) is 7.58. The van der Waals surface area contributed by atoms with Gasteiger partial charge < -0.3 is 19.5 Å². The molecule has 1 atom stereocenters. The van der Waals surface area contributed by atoms with Crippen LogP contribution in [0.1, 0.15) is 22.7 Å². The molecule has 1 saturated heterocycles. The van der Waals surface area contributed by atoms with Crippen molar-refractivity contribution in [2.45, 2.75) is 12.5 Å². The minimum atomic E-state index is -1.01. The van der Waals surface area contributed by atoms with Gasteiger partial charge in [0.1, 0.15) is 5.76 Å². The second kappa shape index (κ2) is 10.8. The lowest BCUT2D eigenvalue weighted by atomic mass is 9.95. The summed E-state index contributed by atoms with van der Waals surface area (Å²) >= 11 is 3.33. The van der Waals surface area contributed by atoms with Crippen LogP contribution in [0.2, 0.25) is 0 Å². The third-order valence-electron chi connectivity index (χ3n) is 6.14. The summed E-state index contributed by atoms with van der Waals surface area (Å²) in [6, 6.07) is 16.7. The minimum absolute atomic E-state index is 0.116. The Morgan fingerprint density at radius 2 is 1.73 bits per heavy atom. The third-order valence-corrected chi connectivity index (χ3v) is 6.67. The fourth-order valence-corrected chi connectivity index (χ4v) is 4.58. The van der Waals surface area contributed by atoms with Crippen LogP contribution >= 0.6 is 15.9 Å². The molecule has 10 heteroatoms. The first-order valence-corrected chi connectivity index (χ1v) is 12.0. The van der Waals surface area contributed by atoms with Crippen LogP contribution in [0.4, 0.5) is 5.69 Å². The highest BCUT2D eigenvalue weighted by molar-refractivity contribution is 9.10. The van der Waals surface area contributed by atoms with Crippen molar-refractivity contribution in [3.8, 4) is 11.5 Å². The van der Waals surface area contributed by atoms with Crippen LogP contribution in [-0.4, -0.2) is 47.4 Å². The maximum atomic E-state index is 13.2. The zero-order chi connectivity index (χ0) is 26.7. The number of carbonyl (C=O) groups excluding carboxylic acids is 2.